The number of benzene rings is 1. The maximum Gasteiger partial charge on any atom is 0.241 e. The summed E-state index contributed by atoms with van der Waals surface area (Å²) in [6.45, 7) is 5.32. The summed E-state index contributed by atoms with van der Waals surface area (Å²) in [5.74, 6) is 2.16. The third kappa shape index (κ3) is 3.66. The van der Waals surface area contributed by atoms with Gasteiger partial charge in [0.2, 0.25) is 11.7 Å². The van der Waals surface area contributed by atoms with Crippen molar-refractivity contribution in [3.8, 4) is 11.4 Å². The van der Waals surface area contributed by atoms with E-state index in [-0.39, 0.29) is 0 Å². The van der Waals surface area contributed by atoms with E-state index < -0.39 is 0 Å². The standard InChI is InChI=1S/C16H21N3OS/c1-12-4-3-9-19(10-12)11-15-17-16(18-20-15)13-5-7-14(21-2)8-6-13/h5-8,12H,3-4,9-11H2,1-2H3. The van der Waals surface area contributed by atoms with Gasteiger partial charge in [-0.1, -0.05) is 12.1 Å². The highest BCUT2D eigenvalue weighted by Gasteiger charge is 2.19. The third-order valence-corrected chi connectivity index (χ3v) is 4.66. The average molecular weight is 303 g/mol. The molecule has 21 heavy (non-hydrogen) atoms. The zero-order chi connectivity index (χ0) is 14.7. The van der Waals surface area contributed by atoms with Crippen LogP contribution in [0.2, 0.25) is 0 Å². The topological polar surface area (TPSA) is 42.2 Å². The molecule has 1 unspecified atom stereocenters. The summed E-state index contributed by atoms with van der Waals surface area (Å²) in [6, 6.07) is 8.26. The van der Waals surface area contributed by atoms with Crippen LogP contribution in [-0.4, -0.2) is 34.4 Å². The molecule has 1 aromatic carbocycles. The molecule has 0 radical (unpaired) electrons. The van der Waals surface area contributed by atoms with E-state index in [2.05, 4.69) is 40.4 Å². The van der Waals surface area contributed by atoms with Crippen molar-refractivity contribution in [3.63, 3.8) is 0 Å². The van der Waals surface area contributed by atoms with Crippen molar-refractivity contribution >= 4 is 11.8 Å². The van der Waals surface area contributed by atoms with Crippen LogP contribution in [0.5, 0.6) is 0 Å². The van der Waals surface area contributed by atoms with Crippen molar-refractivity contribution in [2.75, 3.05) is 19.3 Å². The van der Waals surface area contributed by atoms with E-state index in [9.17, 15) is 0 Å². The first-order valence-corrected chi connectivity index (χ1v) is 8.66. The molecule has 0 amide bonds. The van der Waals surface area contributed by atoms with Gasteiger partial charge in [0.1, 0.15) is 0 Å². The SMILES string of the molecule is CSc1ccc(-c2noc(CN3CCCC(C)C3)n2)cc1. The monoisotopic (exact) mass is 303 g/mol. The summed E-state index contributed by atoms with van der Waals surface area (Å²) in [4.78, 5) is 8.17. The predicted octanol–water partition coefficient (Wildman–Crippen LogP) is 3.69. The minimum atomic E-state index is 0.683. The van der Waals surface area contributed by atoms with Crippen molar-refractivity contribution in [1.29, 1.82) is 0 Å². The lowest BCUT2D eigenvalue weighted by Crippen LogP contribution is -2.33. The van der Waals surface area contributed by atoms with Crippen LogP contribution in [0.4, 0.5) is 0 Å². The Kier molecular flexibility index (Phi) is 4.60. The van der Waals surface area contributed by atoms with Gasteiger partial charge in [0.25, 0.3) is 0 Å². The highest BCUT2D eigenvalue weighted by atomic mass is 32.2. The van der Waals surface area contributed by atoms with Gasteiger partial charge in [0.05, 0.1) is 6.54 Å². The molecule has 3 rings (SSSR count). The Hall–Kier alpha value is -1.33. The third-order valence-electron chi connectivity index (χ3n) is 3.92. The Morgan fingerprint density at radius 2 is 2.14 bits per heavy atom. The molecule has 1 saturated heterocycles. The van der Waals surface area contributed by atoms with E-state index in [1.165, 1.54) is 17.7 Å². The minimum Gasteiger partial charge on any atom is -0.338 e. The van der Waals surface area contributed by atoms with Crippen LogP contribution in [-0.2, 0) is 6.54 Å². The smallest absolute Gasteiger partial charge is 0.241 e. The zero-order valence-electron chi connectivity index (χ0n) is 12.6. The van der Waals surface area contributed by atoms with Gasteiger partial charge in [-0.15, -0.1) is 11.8 Å². The number of thioether (sulfide) groups is 1. The molecule has 1 fully saturated rings. The number of hydrogen-bond donors (Lipinski definition) is 0. The van der Waals surface area contributed by atoms with Crippen LogP contribution in [0, 0.1) is 5.92 Å². The van der Waals surface area contributed by atoms with E-state index in [1.807, 2.05) is 12.1 Å². The Morgan fingerprint density at radius 3 is 2.86 bits per heavy atom. The Labute approximate surface area is 129 Å². The lowest BCUT2D eigenvalue weighted by Gasteiger charge is -2.29. The molecule has 5 heteroatoms. The van der Waals surface area contributed by atoms with Crippen LogP contribution >= 0.6 is 11.8 Å². The fourth-order valence-electron chi connectivity index (χ4n) is 2.80. The number of likely N-dealkylation sites (tertiary alicyclic amines) is 1. The normalized spacial score (nSPS) is 19.8. The lowest BCUT2D eigenvalue weighted by atomic mass is 10.0. The molecule has 0 aliphatic carbocycles. The Bertz CT molecular complexity index is 581. The molecular formula is C16H21N3OS. The molecule has 0 saturated carbocycles. The van der Waals surface area contributed by atoms with Crippen LogP contribution in [0.25, 0.3) is 11.4 Å². The second-order valence-electron chi connectivity index (χ2n) is 5.72. The maximum atomic E-state index is 5.41. The second kappa shape index (κ2) is 6.62. The van der Waals surface area contributed by atoms with Gasteiger partial charge < -0.3 is 4.52 Å². The van der Waals surface area contributed by atoms with E-state index in [1.54, 1.807) is 11.8 Å². The van der Waals surface area contributed by atoms with Crippen molar-refractivity contribution in [2.24, 2.45) is 5.92 Å². The van der Waals surface area contributed by atoms with Gasteiger partial charge in [-0.05, 0) is 55.8 Å². The first-order valence-electron chi connectivity index (χ1n) is 7.44. The summed E-state index contributed by atoms with van der Waals surface area (Å²) in [6.07, 6.45) is 4.66. The number of hydrogen-bond acceptors (Lipinski definition) is 5. The molecule has 1 aliphatic rings. The molecule has 0 bridgehead atoms. The highest BCUT2D eigenvalue weighted by Crippen LogP contribution is 2.22. The predicted molar refractivity (Wildman–Crippen MR) is 85.2 cm³/mol. The van der Waals surface area contributed by atoms with Crippen molar-refractivity contribution in [2.45, 2.75) is 31.2 Å². The van der Waals surface area contributed by atoms with Crippen molar-refractivity contribution in [3.05, 3.63) is 30.2 Å². The van der Waals surface area contributed by atoms with Gasteiger partial charge in [-0.25, -0.2) is 0 Å². The van der Waals surface area contributed by atoms with Gasteiger partial charge in [-0.3, -0.25) is 4.90 Å². The molecule has 0 spiro atoms. The van der Waals surface area contributed by atoms with E-state index in [4.69, 9.17) is 4.52 Å². The summed E-state index contributed by atoms with van der Waals surface area (Å²) in [5.41, 5.74) is 1.01. The molecule has 2 aromatic rings. The molecule has 0 N–H and O–H groups in total. The average Bonchev–Trinajstić information content (AvgIpc) is 2.96. The minimum absolute atomic E-state index is 0.683. The van der Waals surface area contributed by atoms with E-state index in [0.29, 0.717) is 11.7 Å². The fourth-order valence-corrected chi connectivity index (χ4v) is 3.21. The number of piperidine rings is 1. The molecule has 4 nitrogen and oxygen atoms in total. The summed E-state index contributed by atoms with van der Waals surface area (Å²) >= 11 is 1.73. The first kappa shape index (κ1) is 14.6. The van der Waals surface area contributed by atoms with Gasteiger partial charge in [0.15, 0.2) is 0 Å². The van der Waals surface area contributed by atoms with Crippen LogP contribution in [0.3, 0.4) is 0 Å². The van der Waals surface area contributed by atoms with E-state index >= 15 is 0 Å². The van der Waals surface area contributed by atoms with Crippen LogP contribution < -0.4 is 0 Å². The summed E-state index contributed by atoms with van der Waals surface area (Å²) in [5, 5.41) is 4.11. The summed E-state index contributed by atoms with van der Waals surface area (Å²) in [7, 11) is 0. The van der Waals surface area contributed by atoms with Crippen LogP contribution in [0.15, 0.2) is 33.7 Å². The Morgan fingerprint density at radius 1 is 1.33 bits per heavy atom. The largest absolute Gasteiger partial charge is 0.338 e. The summed E-state index contributed by atoms with van der Waals surface area (Å²) < 4.78 is 5.41. The second-order valence-corrected chi connectivity index (χ2v) is 6.60. The highest BCUT2D eigenvalue weighted by molar-refractivity contribution is 7.98. The number of nitrogens with zero attached hydrogens (tertiary/aromatic N) is 3. The van der Waals surface area contributed by atoms with Gasteiger partial charge in [0, 0.05) is 17.0 Å². The van der Waals surface area contributed by atoms with Crippen LogP contribution in [0.1, 0.15) is 25.7 Å². The first-order chi connectivity index (χ1) is 10.2. The fraction of sp³-hybridized carbons (Fsp3) is 0.500. The maximum absolute atomic E-state index is 5.41. The molecule has 1 aromatic heterocycles. The molecule has 1 atom stereocenters. The Balaban J connectivity index is 1.67. The molecule has 112 valence electrons. The number of aromatic nitrogens is 2. The lowest BCUT2D eigenvalue weighted by molar-refractivity contribution is 0.157. The zero-order valence-corrected chi connectivity index (χ0v) is 13.4. The quantitative estimate of drug-likeness (QED) is 0.806. The van der Waals surface area contributed by atoms with Gasteiger partial charge in [-0.2, -0.15) is 4.98 Å². The van der Waals surface area contributed by atoms with Crippen molar-refractivity contribution < 1.29 is 4.52 Å². The number of rotatable bonds is 4. The molecule has 1 aliphatic heterocycles. The molecular weight excluding hydrogens is 282 g/mol. The molecule has 2 heterocycles. The van der Waals surface area contributed by atoms with Crippen molar-refractivity contribution in [1.82, 2.24) is 15.0 Å². The van der Waals surface area contributed by atoms with E-state index in [0.717, 1.165) is 31.1 Å². The van der Waals surface area contributed by atoms with Gasteiger partial charge >= 0.3 is 0 Å².